The number of rotatable bonds is 6. The third kappa shape index (κ3) is 5.25. The number of methoxy groups -OCH3 is 2. The van der Waals surface area contributed by atoms with Crippen molar-refractivity contribution in [3.63, 3.8) is 0 Å². The molecular weight excluding hydrogens is 368 g/mol. The molecule has 0 saturated carbocycles. The van der Waals surface area contributed by atoms with Gasteiger partial charge in [0, 0.05) is 44.0 Å². The van der Waals surface area contributed by atoms with E-state index in [1.54, 1.807) is 26.4 Å². The van der Waals surface area contributed by atoms with Gasteiger partial charge in [0.15, 0.2) is 5.96 Å². The Kier molecular flexibility index (Phi) is 7.05. The van der Waals surface area contributed by atoms with Gasteiger partial charge in [0.05, 0.1) is 20.8 Å². The topological polar surface area (TPSA) is 69.6 Å². The van der Waals surface area contributed by atoms with Gasteiger partial charge < -0.3 is 29.7 Å². The minimum Gasteiger partial charge on any atom is -0.508 e. The monoisotopic (exact) mass is 398 g/mol. The van der Waals surface area contributed by atoms with E-state index in [1.165, 1.54) is 5.69 Å². The van der Waals surface area contributed by atoms with Crippen LogP contribution in [0.4, 0.5) is 5.69 Å². The maximum Gasteiger partial charge on any atom is 0.194 e. The number of hydrogen-bond acceptors (Lipinski definition) is 5. The van der Waals surface area contributed by atoms with E-state index in [1.807, 2.05) is 18.2 Å². The number of guanidine groups is 1. The van der Waals surface area contributed by atoms with Crippen LogP contribution in [0.5, 0.6) is 17.2 Å². The normalized spacial score (nSPS) is 14.7. The minimum absolute atomic E-state index is 0.231. The maximum atomic E-state index is 10.1. The van der Waals surface area contributed by atoms with Crippen molar-refractivity contribution in [2.45, 2.75) is 13.5 Å². The number of anilines is 1. The van der Waals surface area contributed by atoms with Crippen molar-refractivity contribution < 1.29 is 14.6 Å². The van der Waals surface area contributed by atoms with E-state index in [9.17, 15) is 5.11 Å². The maximum absolute atomic E-state index is 10.1. The number of hydrogen-bond donors (Lipinski definition) is 2. The molecule has 1 saturated heterocycles. The summed E-state index contributed by atoms with van der Waals surface area (Å²) in [5, 5.41) is 13.5. The molecule has 0 bridgehead atoms. The second kappa shape index (κ2) is 9.91. The van der Waals surface area contributed by atoms with E-state index in [0.29, 0.717) is 12.3 Å². The first-order valence-corrected chi connectivity index (χ1v) is 9.92. The second-order valence-corrected chi connectivity index (χ2v) is 6.84. The van der Waals surface area contributed by atoms with Crippen molar-refractivity contribution in [2.75, 3.05) is 51.8 Å². The Balaban J connectivity index is 1.64. The Labute approximate surface area is 172 Å². The van der Waals surface area contributed by atoms with Crippen LogP contribution in [0.1, 0.15) is 12.5 Å². The van der Waals surface area contributed by atoms with Gasteiger partial charge in [-0.2, -0.15) is 0 Å². The van der Waals surface area contributed by atoms with Crippen molar-refractivity contribution in [3.05, 3.63) is 48.0 Å². The summed E-state index contributed by atoms with van der Waals surface area (Å²) in [4.78, 5) is 9.38. The summed E-state index contributed by atoms with van der Waals surface area (Å²) in [5.74, 6) is 2.68. The first kappa shape index (κ1) is 20.6. The highest BCUT2D eigenvalue weighted by atomic mass is 16.5. The van der Waals surface area contributed by atoms with Gasteiger partial charge in [0.2, 0.25) is 0 Å². The summed E-state index contributed by atoms with van der Waals surface area (Å²) in [6, 6.07) is 13.4. The molecule has 0 radical (unpaired) electrons. The molecule has 1 aliphatic rings. The van der Waals surface area contributed by atoms with Crippen molar-refractivity contribution in [1.29, 1.82) is 0 Å². The van der Waals surface area contributed by atoms with Crippen molar-refractivity contribution in [2.24, 2.45) is 4.99 Å². The molecule has 0 amide bonds. The van der Waals surface area contributed by atoms with Crippen molar-refractivity contribution in [1.82, 2.24) is 10.2 Å². The number of aliphatic imine (C=N–C) groups is 1. The predicted octanol–water partition coefficient (Wildman–Crippen LogP) is 2.70. The lowest BCUT2D eigenvalue weighted by Gasteiger charge is -2.37. The SMILES string of the molecule is CCNC(=NCc1cc(OC)ccc1O)N1CCN(c2ccc(OC)cc2)CC1. The van der Waals surface area contributed by atoms with Crippen LogP contribution in [0, 0.1) is 0 Å². The van der Waals surface area contributed by atoms with E-state index in [2.05, 4.69) is 34.2 Å². The molecule has 0 spiro atoms. The van der Waals surface area contributed by atoms with Crippen LogP contribution in [0.3, 0.4) is 0 Å². The second-order valence-electron chi connectivity index (χ2n) is 6.84. The molecule has 1 heterocycles. The molecule has 2 aromatic rings. The summed E-state index contributed by atoms with van der Waals surface area (Å²) < 4.78 is 10.5. The molecule has 1 aliphatic heterocycles. The molecule has 1 fully saturated rings. The molecular formula is C22H30N4O3. The molecule has 2 aromatic carbocycles. The Morgan fingerprint density at radius 2 is 1.66 bits per heavy atom. The van der Waals surface area contributed by atoms with Gasteiger partial charge in [-0.3, -0.25) is 0 Å². The molecule has 156 valence electrons. The van der Waals surface area contributed by atoms with Crippen molar-refractivity contribution in [3.8, 4) is 17.2 Å². The lowest BCUT2D eigenvalue weighted by Crippen LogP contribution is -2.52. The zero-order valence-electron chi connectivity index (χ0n) is 17.4. The Bertz CT molecular complexity index is 815. The van der Waals surface area contributed by atoms with Crippen LogP contribution in [-0.4, -0.2) is 62.9 Å². The Morgan fingerprint density at radius 1 is 1.00 bits per heavy atom. The van der Waals surface area contributed by atoms with E-state index >= 15 is 0 Å². The van der Waals surface area contributed by atoms with Crippen LogP contribution in [0.2, 0.25) is 0 Å². The fourth-order valence-corrected chi connectivity index (χ4v) is 3.37. The van der Waals surface area contributed by atoms with Gasteiger partial charge in [-0.05, 0) is 49.4 Å². The number of phenolic OH excluding ortho intramolecular Hbond substituents is 1. The smallest absolute Gasteiger partial charge is 0.194 e. The van der Waals surface area contributed by atoms with Gasteiger partial charge in [-0.1, -0.05) is 0 Å². The molecule has 0 aliphatic carbocycles. The van der Waals surface area contributed by atoms with Crippen molar-refractivity contribution >= 4 is 11.6 Å². The minimum atomic E-state index is 0.231. The van der Waals surface area contributed by atoms with E-state index in [0.717, 1.165) is 50.0 Å². The highest BCUT2D eigenvalue weighted by Crippen LogP contribution is 2.24. The van der Waals surface area contributed by atoms with Gasteiger partial charge in [-0.25, -0.2) is 4.99 Å². The zero-order chi connectivity index (χ0) is 20.6. The number of ether oxygens (including phenoxy) is 2. The predicted molar refractivity (Wildman–Crippen MR) is 116 cm³/mol. The molecule has 3 rings (SSSR count). The highest BCUT2D eigenvalue weighted by molar-refractivity contribution is 5.80. The zero-order valence-corrected chi connectivity index (χ0v) is 17.4. The average Bonchev–Trinajstić information content (AvgIpc) is 2.78. The number of nitrogens with zero attached hydrogens (tertiary/aromatic N) is 3. The third-order valence-corrected chi connectivity index (χ3v) is 5.04. The molecule has 0 unspecified atom stereocenters. The number of nitrogens with one attached hydrogen (secondary N) is 1. The van der Waals surface area contributed by atoms with Gasteiger partial charge in [0.25, 0.3) is 0 Å². The lowest BCUT2D eigenvalue weighted by molar-refractivity contribution is 0.372. The molecule has 29 heavy (non-hydrogen) atoms. The van der Waals surface area contributed by atoms with Gasteiger partial charge >= 0.3 is 0 Å². The molecule has 7 nitrogen and oxygen atoms in total. The highest BCUT2D eigenvalue weighted by Gasteiger charge is 2.20. The summed E-state index contributed by atoms with van der Waals surface area (Å²) in [6.07, 6.45) is 0. The number of aromatic hydroxyl groups is 1. The van der Waals surface area contributed by atoms with E-state index in [4.69, 9.17) is 14.5 Å². The summed E-state index contributed by atoms with van der Waals surface area (Å²) in [5.41, 5.74) is 1.95. The molecule has 0 aromatic heterocycles. The van der Waals surface area contributed by atoms with Crippen LogP contribution < -0.4 is 19.7 Å². The fourth-order valence-electron chi connectivity index (χ4n) is 3.37. The number of benzene rings is 2. The fraction of sp³-hybridized carbons (Fsp3) is 0.409. The standard InChI is InChI=1S/C22H30N4O3/c1-4-23-22(24-16-17-15-20(29-3)9-10-21(17)27)26-13-11-25(12-14-26)18-5-7-19(28-2)8-6-18/h5-10,15,27H,4,11-14,16H2,1-3H3,(H,23,24). The van der Waals surface area contributed by atoms with Crippen LogP contribution in [0.15, 0.2) is 47.5 Å². The average molecular weight is 399 g/mol. The number of piperazine rings is 1. The largest absolute Gasteiger partial charge is 0.508 e. The van der Waals surface area contributed by atoms with Crippen LogP contribution >= 0.6 is 0 Å². The van der Waals surface area contributed by atoms with Gasteiger partial charge in [0.1, 0.15) is 17.2 Å². The Morgan fingerprint density at radius 3 is 2.28 bits per heavy atom. The molecule has 7 heteroatoms. The Hall–Kier alpha value is -3.09. The van der Waals surface area contributed by atoms with Crippen LogP contribution in [-0.2, 0) is 6.54 Å². The summed E-state index contributed by atoms with van der Waals surface area (Å²) in [6.45, 7) is 6.84. The molecule has 2 N–H and O–H groups in total. The summed E-state index contributed by atoms with van der Waals surface area (Å²) >= 11 is 0. The molecule has 0 atom stereocenters. The quantitative estimate of drug-likeness (QED) is 0.576. The van der Waals surface area contributed by atoms with E-state index < -0.39 is 0 Å². The summed E-state index contributed by atoms with van der Waals surface area (Å²) in [7, 11) is 3.30. The van der Waals surface area contributed by atoms with Crippen LogP contribution in [0.25, 0.3) is 0 Å². The van der Waals surface area contributed by atoms with E-state index in [-0.39, 0.29) is 5.75 Å². The van der Waals surface area contributed by atoms with Gasteiger partial charge in [-0.15, -0.1) is 0 Å². The third-order valence-electron chi connectivity index (χ3n) is 5.04. The lowest BCUT2D eigenvalue weighted by atomic mass is 10.2. The first-order valence-electron chi connectivity index (χ1n) is 9.92. The first-order chi connectivity index (χ1) is 14.1. The number of phenols is 1.